The van der Waals surface area contributed by atoms with Gasteiger partial charge in [0.05, 0.1) is 24.4 Å². The van der Waals surface area contributed by atoms with E-state index in [1.165, 1.54) is 11.6 Å². The molecule has 2 aromatic heterocycles. The highest BCUT2D eigenvalue weighted by atomic mass is 79.9. The Balaban J connectivity index is 1.78. The number of hydrogen-bond acceptors (Lipinski definition) is 5. The number of alkyl halides is 3. The van der Waals surface area contributed by atoms with Crippen molar-refractivity contribution < 1.29 is 27.1 Å². The fourth-order valence-electron chi connectivity index (χ4n) is 2.63. The first-order valence-corrected chi connectivity index (χ1v) is 9.05. The summed E-state index contributed by atoms with van der Waals surface area (Å²) in [6.45, 7) is 1.32. The van der Waals surface area contributed by atoms with E-state index in [0.29, 0.717) is 21.6 Å². The van der Waals surface area contributed by atoms with Crippen LogP contribution >= 0.6 is 15.9 Å². The zero-order valence-electron chi connectivity index (χ0n) is 15.2. The lowest BCUT2D eigenvalue weighted by molar-refractivity contribution is -0.274. The predicted molar refractivity (Wildman–Crippen MR) is 99.8 cm³/mol. The zero-order chi connectivity index (χ0) is 22.1. The first-order valence-electron chi connectivity index (χ1n) is 8.26. The van der Waals surface area contributed by atoms with Crippen molar-refractivity contribution in [1.82, 2.24) is 20.1 Å². The van der Waals surface area contributed by atoms with E-state index in [-0.39, 0.29) is 6.54 Å². The van der Waals surface area contributed by atoms with Gasteiger partial charge in [-0.2, -0.15) is 10.4 Å². The van der Waals surface area contributed by atoms with Crippen LogP contribution in [0.3, 0.4) is 0 Å². The standard InChI is InChI=1S/C18H12BrF4N5O2/c1-17(8-24,9-28-7-15-14(27-28)4-10(19)6-25-15)26-16(29)12-3-2-11(5-13(12)20)30-18(21,22)23/h2-7H,9H2,1H3,(H,26,29). The molecule has 7 nitrogen and oxygen atoms in total. The van der Waals surface area contributed by atoms with Gasteiger partial charge in [-0.05, 0) is 41.1 Å². The van der Waals surface area contributed by atoms with Crippen molar-refractivity contribution in [3.05, 3.63) is 52.5 Å². The topological polar surface area (TPSA) is 92.8 Å². The number of amides is 1. The van der Waals surface area contributed by atoms with Gasteiger partial charge in [-0.3, -0.25) is 14.5 Å². The average molecular weight is 486 g/mol. The number of carbonyl (C=O) groups excluding carboxylic acids is 1. The number of fused-ring (bicyclic) bond motifs is 1. The Bertz CT molecular complexity index is 1160. The molecule has 0 spiro atoms. The molecule has 3 rings (SSSR count). The Morgan fingerprint density at radius 3 is 2.70 bits per heavy atom. The molecule has 0 aliphatic heterocycles. The molecule has 0 saturated heterocycles. The van der Waals surface area contributed by atoms with Crippen molar-refractivity contribution in [1.29, 1.82) is 5.26 Å². The molecule has 0 aliphatic carbocycles. The van der Waals surface area contributed by atoms with E-state index in [9.17, 15) is 27.6 Å². The van der Waals surface area contributed by atoms with Crippen LogP contribution in [-0.4, -0.2) is 32.6 Å². The maximum Gasteiger partial charge on any atom is 0.573 e. The van der Waals surface area contributed by atoms with E-state index in [4.69, 9.17) is 0 Å². The van der Waals surface area contributed by atoms with Crippen molar-refractivity contribution in [3.63, 3.8) is 0 Å². The fraction of sp³-hybridized carbons (Fsp3) is 0.222. The van der Waals surface area contributed by atoms with Gasteiger partial charge in [0.15, 0.2) is 0 Å². The van der Waals surface area contributed by atoms with Gasteiger partial charge in [0.2, 0.25) is 0 Å². The predicted octanol–water partition coefficient (Wildman–Crippen LogP) is 3.94. The van der Waals surface area contributed by atoms with Crippen LogP contribution in [0.4, 0.5) is 17.6 Å². The van der Waals surface area contributed by atoms with Crippen molar-refractivity contribution >= 4 is 32.9 Å². The highest BCUT2D eigenvalue weighted by Crippen LogP contribution is 2.25. The molecule has 0 fully saturated rings. The summed E-state index contributed by atoms with van der Waals surface area (Å²) in [5.74, 6) is -3.01. The summed E-state index contributed by atoms with van der Waals surface area (Å²) in [4.78, 5) is 16.6. The van der Waals surface area contributed by atoms with Gasteiger partial charge in [-0.1, -0.05) is 0 Å². The molecule has 2 heterocycles. The number of ether oxygens (including phenoxy) is 1. The summed E-state index contributed by atoms with van der Waals surface area (Å²) < 4.78 is 56.6. The Hall–Kier alpha value is -3.20. The highest BCUT2D eigenvalue weighted by molar-refractivity contribution is 9.10. The van der Waals surface area contributed by atoms with Gasteiger partial charge in [0.1, 0.15) is 28.1 Å². The van der Waals surface area contributed by atoms with Crippen molar-refractivity contribution in [3.8, 4) is 11.8 Å². The highest BCUT2D eigenvalue weighted by Gasteiger charge is 2.32. The third-order valence-electron chi connectivity index (χ3n) is 3.90. The Morgan fingerprint density at radius 2 is 2.07 bits per heavy atom. The molecular weight excluding hydrogens is 474 g/mol. The van der Waals surface area contributed by atoms with Gasteiger partial charge in [-0.15, -0.1) is 13.2 Å². The third-order valence-corrected chi connectivity index (χ3v) is 4.34. The number of hydrogen-bond donors (Lipinski definition) is 1. The lowest BCUT2D eigenvalue weighted by Gasteiger charge is -2.23. The second-order valence-corrected chi connectivity index (χ2v) is 7.39. The van der Waals surface area contributed by atoms with E-state index < -0.39 is 34.9 Å². The minimum absolute atomic E-state index is 0.0832. The molecular formula is C18H12BrF4N5O2. The number of nitrogens with one attached hydrogen (secondary N) is 1. The molecule has 3 aromatic rings. The molecule has 12 heteroatoms. The number of rotatable bonds is 5. The number of carbonyl (C=O) groups is 1. The maximum atomic E-state index is 14.1. The van der Waals surface area contributed by atoms with E-state index in [2.05, 4.69) is 36.1 Å². The van der Waals surface area contributed by atoms with Crippen molar-refractivity contribution in [2.45, 2.75) is 25.4 Å². The number of aromatic nitrogens is 3. The maximum absolute atomic E-state index is 14.1. The van der Waals surface area contributed by atoms with E-state index in [1.54, 1.807) is 18.5 Å². The number of halogens is 5. The van der Waals surface area contributed by atoms with Crippen LogP contribution < -0.4 is 10.1 Å². The van der Waals surface area contributed by atoms with Crippen LogP contribution in [0.1, 0.15) is 17.3 Å². The molecule has 1 unspecified atom stereocenters. The summed E-state index contributed by atoms with van der Waals surface area (Å²) in [6.07, 6.45) is -1.84. The van der Waals surface area contributed by atoms with E-state index in [0.717, 1.165) is 12.1 Å². The molecule has 1 atom stereocenters. The quantitative estimate of drug-likeness (QED) is 0.552. The minimum atomic E-state index is -4.99. The Kier molecular flexibility index (Phi) is 5.67. The number of nitrogens with zero attached hydrogens (tertiary/aromatic N) is 4. The first kappa shape index (κ1) is 21.5. The Morgan fingerprint density at radius 1 is 1.33 bits per heavy atom. The van der Waals surface area contributed by atoms with Crippen LogP contribution in [0.2, 0.25) is 0 Å². The SMILES string of the molecule is CC(C#N)(Cn1cc2ncc(Br)cc2n1)NC(=O)c1ccc(OC(F)(F)F)cc1F. The number of nitriles is 1. The molecule has 0 radical (unpaired) electrons. The van der Waals surface area contributed by atoms with E-state index >= 15 is 0 Å². The fourth-order valence-corrected chi connectivity index (χ4v) is 2.95. The summed E-state index contributed by atoms with van der Waals surface area (Å²) in [7, 11) is 0. The van der Waals surface area contributed by atoms with Gasteiger partial charge < -0.3 is 10.1 Å². The van der Waals surface area contributed by atoms with Gasteiger partial charge >= 0.3 is 6.36 Å². The molecule has 0 saturated carbocycles. The monoisotopic (exact) mass is 485 g/mol. The van der Waals surface area contributed by atoms with Gasteiger partial charge in [0, 0.05) is 16.7 Å². The lowest BCUT2D eigenvalue weighted by Crippen LogP contribution is -2.48. The lowest BCUT2D eigenvalue weighted by atomic mass is 10.0. The minimum Gasteiger partial charge on any atom is -0.406 e. The summed E-state index contributed by atoms with van der Waals surface area (Å²) in [5.41, 5.74) is -0.912. The van der Waals surface area contributed by atoms with Gasteiger partial charge in [0.25, 0.3) is 5.91 Å². The Labute approximate surface area is 175 Å². The van der Waals surface area contributed by atoms with Crippen LogP contribution in [0.5, 0.6) is 5.75 Å². The molecule has 156 valence electrons. The largest absolute Gasteiger partial charge is 0.573 e. The number of benzene rings is 1. The first-order chi connectivity index (χ1) is 14.0. The van der Waals surface area contributed by atoms with Crippen molar-refractivity contribution in [2.24, 2.45) is 0 Å². The molecule has 0 aliphatic rings. The van der Waals surface area contributed by atoms with Crippen LogP contribution in [0, 0.1) is 17.1 Å². The summed E-state index contributed by atoms with van der Waals surface area (Å²) in [5, 5.41) is 16.2. The smallest absolute Gasteiger partial charge is 0.406 e. The van der Waals surface area contributed by atoms with Crippen LogP contribution in [-0.2, 0) is 6.54 Å². The van der Waals surface area contributed by atoms with Crippen LogP contribution in [0.25, 0.3) is 11.0 Å². The molecule has 30 heavy (non-hydrogen) atoms. The van der Waals surface area contributed by atoms with E-state index in [1.807, 2.05) is 6.07 Å². The number of pyridine rings is 1. The van der Waals surface area contributed by atoms with Gasteiger partial charge in [-0.25, -0.2) is 4.39 Å². The summed E-state index contributed by atoms with van der Waals surface area (Å²) >= 11 is 3.28. The molecule has 1 aromatic carbocycles. The van der Waals surface area contributed by atoms with Crippen molar-refractivity contribution in [2.75, 3.05) is 0 Å². The zero-order valence-corrected chi connectivity index (χ0v) is 16.8. The van der Waals surface area contributed by atoms with Crippen LogP contribution in [0.15, 0.2) is 41.1 Å². The third kappa shape index (κ3) is 5.04. The summed E-state index contributed by atoms with van der Waals surface area (Å²) in [6, 6.07) is 5.74. The average Bonchev–Trinajstić information content (AvgIpc) is 3.01. The second kappa shape index (κ2) is 7.91. The second-order valence-electron chi connectivity index (χ2n) is 6.47. The molecule has 1 amide bonds. The normalized spacial score (nSPS) is 13.5. The molecule has 0 bridgehead atoms. The molecule has 1 N–H and O–H groups in total.